The van der Waals surface area contributed by atoms with Crippen molar-refractivity contribution >= 4 is 5.78 Å². The molecule has 0 amide bonds. The number of Topliss-reactive ketones (excluding diaryl/α,β-unsaturated/α-hetero) is 1. The maximum Gasteiger partial charge on any atom is 0.154 e. The van der Waals surface area contributed by atoms with Crippen molar-refractivity contribution in [3.05, 3.63) is 18.0 Å². The highest BCUT2D eigenvalue weighted by Gasteiger charge is 2.20. The standard InChI is InChI=1S/C12H19N3O/c1-2-15-9-10(8-14-15)7-12(16)11-5-3-4-6-13-11/h8-9,11,13H,2-7H2,1H3. The summed E-state index contributed by atoms with van der Waals surface area (Å²) in [5.74, 6) is 0.301. The maximum atomic E-state index is 12.0. The molecule has 0 spiro atoms. The fraction of sp³-hybridized carbons (Fsp3) is 0.667. The Morgan fingerprint density at radius 1 is 1.62 bits per heavy atom. The number of aromatic nitrogens is 2. The van der Waals surface area contributed by atoms with E-state index in [0.29, 0.717) is 12.2 Å². The average Bonchev–Trinajstić information content (AvgIpc) is 2.78. The van der Waals surface area contributed by atoms with Crippen LogP contribution in [-0.2, 0) is 17.8 Å². The Labute approximate surface area is 96.0 Å². The number of piperidine rings is 1. The minimum Gasteiger partial charge on any atom is -0.307 e. The lowest BCUT2D eigenvalue weighted by Crippen LogP contribution is -2.41. The van der Waals surface area contributed by atoms with Crippen molar-refractivity contribution in [2.24, 2.45) is 0 Å². The SMILES string of the molecule is CCn1cc(CC(=O)C2CCCCN2)cn1. The summed E-state index contributed by atoms with van der Waals surface area (Å²) < 4.78 is 1.86. The lowest BCUT2D eigenvalue weighted by molar-refractivity contribution is -0.120. The van der Waals surface area contributed by atoms with E-state index in [1.807, 2.05) is 17.8 Å². The molecule has 1 N–H and O–H groups in total. The first kappa shape index (κ1) is 11.3. The molecule has 88 valence electrons. The van der Waals surface area contributed by atoms with E-state index in [9.17, 15) is 4.79 Å². The van der Waals surface area contributed by atoms with E-state index in [0.717, 1.165) is 31.5 Å². The minimum absolute atomic E-state index is 0.0683. The third-order valence-corrected chi connectivity index (χ3v) is 3.09. The van der Waals surface area contributed by atoms with Crippen LogP contribution >= 0.6 is 0 Å². The molecule has 1 aliphatic rings. The van der Waals surface area contributed by atoms with Crippen molar-refractivity contribution in [1.29, 1.82) is 0 Å². The molecule has 4 heteroatoms. The molecule has 4 nitrogen and oxygen atoms in total. The molecule has 0 radical (unpaired) electrons. The van der Waals surface area contributed by atoms with Gasteiger partial charge in [-0.25, -0.2) is 0 Å². The molecule has 2 heterocycles. The molecular weight excluding hydrogens is 202 g/mol. The van der Waals surface area contributed by atoms with Gasteiger partial charge in [0, 0.05) is 19.2 Å². The number of carbonyl (C=O) groups is 1. The summed E-state index contributed by atoms with van der Waals surface area (Å²) >= 11 is 0. The first-order chi connectivity index (χ1) is 7.79. The average molecular weight is 221 g/mol. The topological polar surface area (TPSA) is 46.9 Å². The zero-order chi connectivity index (χ0) is 11.4. The highest BCUT2D eigenvalue weighted by atomic mass is 16.1. The molecule has 0 saturated carbocycles. The van der Waals surface area contributed by atoms with Crippen molar-refractivity contribution in [2.45, 2.75) is 45.2 Å². The third-order valence-electron chi connectivity index (χ3n) is 3.09. The van der Waals surface area contributed by atoms with Gasteiger partial charge in [-0.1, -0.05) is 6.42 Å². The Kier molecular flexibility index (Phi) is 3.72. The Hall–Kier alpha value is -1.16. The Morgan fingerprint density at radius 3 is 3.12 bits per heavy atom. The van der Waals surface area contributed by atoms with Crippen LogP contribution in [0.5, 0.6) is 0 Å². The Balaban J connectivity index is 1.90. The molecule has 1 unspecified atom stereocenters. The predicted octanol–water partition coefficient (Wildman–Crippen LogP) is 1.16. The van der Waals surface area contributed by atoms with E-state index in [-0.39, 0.29) is 6.04 Å². The van der Waals surface area contributed by atoms with Crippen molar-refractivity contribution in [3.63, 3.8) is 0 Å². The Morgan fingerprint density at radius 2 is 2.50 bits per heavy atom. The van der Waals surface area contributed by atoms with Crippen LogP contribution in [-0.4, -0.2) is 28.2 Å². The van der Waals surface area contributed by atoms with Crippen LogP contribution in [0.15, 0.2) is 12.4 Å². The summed E-state index contributed by atoms with van der Waals surface area (Å²) in [6.07, 6.45) is 7.61. The highest BCUT2D eigenvalue weighted by Crippen LogP contribution is 2.10. The molecule has 1 fully saturated rings. The summed E-state index contributed by atoms with van der Waals surface area (Å²) in [5.41, 5.74) is 1.03. The smallest absolute Gasteiger partial charge is 0.154 e. The zero-order valence-corrected chi connectivity index (χ0v) is 9.78. The van der Waals surface area contributed by atoms with Crippen molar-refractivity contribution in [2.75, 3.05) is 6.54 Å². The van der Waals surface area contributed by atoms with E-state index in [1.54, 1.807) is 6.20 Å². The molecule has 0 bridgehead atoms. The van der Waals surface area contributed by atoms with E-state index in [2.05, 4.69) is 10.4 Å². The number of hydrogen-bond acceptors (Lipinski definition) is 3. The van der Waals surface area contributed by atoms with Gasteiger partial charge in [-0.05, 0) is 31.9 Å². The maximum absolute atomic E-state index is 12.0. The molecule has 0 aromatic carbocycles. The summed E-state index contributed by atoms with van der Waals surface area (Å²) in [4.78, 5) is 12.0. The van der Waals surface area contributed by atoms with Gasteiger partial charge in [-0.15, -0.1) is 0 Å². The van der Waals surface area contributed by atoms with Gasteiger partial charge in [0.2, 0.25) is 0 Å². The second-order valence-electron chi connectivity index (χ2n) is 4.35. The van der Waals surface area contributed by atoms with Gasteiger partial charge in [0.1, 0.15) is 0 Å². The van der Waals surface area contributed by atoms with Crippen LogP contribution in [0.4, 0.5) is 0 Å². The molecule has 16 heavy (non-hydrogen) atoms. The zero-order valence-electron chi connectivity index (χ0n) is 9.78. The second kappa shape index (κ2) is 5.25. The van der Waals surface area contributed by atoms with Crippen molar-refractivity contribution in [3.8, 4) is 0 Å². The number of aryl methyl sites for hydroxylation is 1. The van der Waals surface area contributed by atoms with Crippen molar-refractivity contribution in [1.82, 2.24) is 15.1 Å². The fourth-order valence-corrected chi connectivity index (χ4v) is 2.12. The quantitative estimate of drug-likeness (QED) is 0.830. The molecule has 1 aliphatic heterocycles. The first-order valence-electron chi connectivity index (χ1n) is 6.07. The monoisotopic (exact) mass is 221 g/mol. The summed E-state index contributed by atoms with van der Waals surface area (Å²) in [6.45, 7) is 3.88. The van der Waals surface area contributed by atoms with Gasteiger partial charge in [0.25, 0.3) is 0 Å². The first-order valence-corrected chi connectivity index (χ1v) is 6.07. The van der Waals surface area contributed by atoms with E-state index in [4.69, 9.17) is 0 Å². The molecule has 2 rings (SSSR count). The lowest BCUT2D eigenvalue weighted by atomic mass is 9.98. The predicted molar refractivity (Wildman–Crippen MR) is 62.3 cm³/mol. The Bertz CT molecular complexity index is 353. The van der Waals surface area contributed by atoms with Gasteiger partial charge in [0.05, 0.1) is 12.2 Å². The third kappa shape index (κ3) is 2.70. The normalized spacial score (nSPS) is 20.9. The van der Waals surface area contributed by atoms with Gasteiger partial charge >= 0.3 is 0 Å². The number of rotatable bonds is 4. The molecular formula is C12H19N3O. The largest absolute Gasteiger partial charge is 0.307 e. The van der Waals surface area contributed by atoms with E-state index in [1.165, 1.54) is 6.42 Å². The summed E-state index contributed by atoms with van der Waals surface area (Å²) in [5, 5.41) is 7.46. The van der Waals surface area contributed by atoms with Crippen LogP contribution in [0.2, 0.25) is 0 Å². The number of nitrogens with one attached hydrogen (secondary N) is 1. The molecule has 1 aromatic rings. The lowest BCUT2D eigenvalue weighted by Gasteiger charge is -2.21. The number of hydrogen-bond donors (Lipinski definition) is 1. The molecule has 0 aliphatic carbocycles. The van der Waals surface area contributed by atoms with E-state index < -0.39 is 0 Å². The number of ketones is 1. The number of nitrogens with zero attached hydrogens (tertiary/aromatic N) is 2. The van der Waals surface area contributed by atoms with Gasteiger partial charge < -0.3 is 5.32 Å². The summed E-state index contributed by atoms with van der Waals surface area (Å²) in [6, 6.07) is 0.0683. The second-order valence-corrected chi connectivity index (χ2v) is 4.35. The van der Waals surface area contributed by atoms with Crippen LogP contribution in [0.3, 0.4) is 0 Å². The van der Waals surface area contributed by atoms with Crippen LogP contribution in [0.25, 0.3) is 0 Å². The van der Waals surface area contributed by atoms with E-state index >= 15 is 0 Å². The van der Waals surface area contributed by atoms with Gasteiger partial charge in [-0.3, -0.25) is 9.48 Å². The molecule has 1 atom stereocenters. The van der Waals surface area contributed by atoms with Gasteiger partial charge in [0.15, 0.2) is 5.78 Å². The number of carbonyl (C=O) groups excluding carboxylic acids is 1. The van der Waals surface area contributed by atoms with Gasteiger partial charge in [-0.2, -0.15) is 5.10 Å². The van der Waals surface area contributed by atoms with Crippen molar-refractivity contribution < 1.29 is 4.79 Å². The summed E-state index contributed by atoms with van der Waals surface area (Å²) in [7, 11) is 0. The molecule has 1 aromatic heterocycles. The fourth-order valence-electron chi connectivity index (χ4n) is 2.12. The molecule has 1 saturated heterocycles. The van der Waals surface area contributed by atoms with Crippen LogP contribution in [0, 0.1) is 0 Å². The van der Waals surface area contributed by atoms with Crippen LogP contribution < -0.4 is 5.32 Å². The highest BCUT2D eigenvalue weighted by molar-refractivity contribution is 5.86. The minimum atomic E-state index is 0.0683. The van der Waals surface area contributed by atoms with Crippen LogP contribution in [0.1, 0.15) is 31.7 Å².